The highest BCUT2D eigenvalue weighted by Crippen LogP contribution is 2.14. The number of nitrogens with zero attached hydrogens (tertiary/aromatic N) is 3. The number of nitrogens with one attached hydrogen (secondary N) is 1. The first kappa shape index (κ1) is 12.9. The molecule has 1 rings (SSSR count). The SMILES string of the molecule is CC(Nc1cc([N+](=O)[O-])ccn1)C(=O)N(C)C. The normalized spacial score (nSPS) is 11.7. The molecule has 0 aliphatic carbocycles. The van der Waals surface area contributed by atoms with Gasteiger partial charge < -0.3 is 10.2 Å². The Hall–Kier alpha value is -2.18. The number of likely N-dealkylation sites (N-methyl/N-ethyl adjacent to an activating group) is 1. The summed E-state index contributed by atoms with van der Waals surface area (Å²) in [7, 11) is 3.28. The lowest BCUT2D eigenvalue weighted by atomic mass is 10.3. The van der Waals surface area contributed by atoms with Gasteiger partial charge in [-0.3, -0.25) is 14.9 Å². The van der Waals surface area contributed by atoms with Crippen LogP contribution in [-0.4, -0.2) is 40.9 Å². The maximum Gasteiger partial charge on any atom is 0.274 e. The molecule has 1 heterocycles. The van der Waals surface area contributed by atoms with Crippen molar-refractivity contribution in [3.8, 4) is 0 Å². The Balaban J connectivity index is 2.78. The molecule has 1 aromatic rings. The van der Waals surface area contributed by atoms with Gasteiger partial charge in [0.1, 0.15) is 11.9 Å². The molecule has 1 unspecified atom stereocenters. The summed E-state index contributed by atoms with van der Waals surface area (Å²) in [6, 6.07) is 2.10. The van der Waals surface area contributed by atoms with Crippen molar-refractivity contribution < 1.29 is 9.72 Å². The molecule has 0 fully saturated rings. The van der Waals surface area contributed by atoms with Crippen molar-refractivity contribution in [2.24, 2.45) is 0 Å². The Bertz CT molecular complexity index is 433. The van der Waals surface area contributed by atoms with Gasteiger partial charge in [-0.25, -0.2) is 4.98 Å². The Kier molecular flexibility index (Phi) is 3.97. The number of carbonyl (C=O) groups is 1. The number of amides is 1. The molecule has 0 bridgehead atoms. The van der Waals surface area contributed by atoms with Crippen LogP contribution in [0.3, 0.4) is 0 Å². The lowest BCUT2D eigenvalue weighted by molar-refractivity contribution is -0.384. The van der Waals surface area contributed by atoms with Crippen LogP contribution >= 0.6 is 0 Å². The predicted octanol–water partition coefficient (Wildman–Crippen LogP) is 0.878. The highest BCUT2D eigenvalue weighted by atomic mass is 16.6. The van der Waals surface area contributed by atoms with Crippen LogP contribution in [0.25, 0.3) is 0 Å². The van der Waals surface area contributed by atoms with Gasteiger partial charge in [0.15, 0.2) is 0 Å². The van der Waals surface area contributed by atoms with Gasteiger partial charge in [-0.2, -0.15) is 0 Å². The minimum absolute atomic E-state index is 0.0630. The zero-order valence-corrected chi connectivity index (χ0v) is 9.88. The third-order valence-electron chi connectivity index (χ3n) is 2.13. The first-order chi connectivity index (χ1) is 7.91. The van der Waals surface area contributed by atoms with Gasteiger partial charge in [-0.1, -0.05) is 0 Å². The molecule has 7 nitrogen and oxygen atoms in total. The fourth-order valence-electron chi connectivity index (χ4n) is 1.28. The molecule has 0 aliphatic heterocycles. The van der Waals surface area contributed by atoms with Gasteiger partial charge in [0.25, 0.3) is 5.69 Å². The third-order valence-corrected chi connectivity index (χ3v) is 2.13. The summed E-state index contributed by atoms with van der Waals surface area (Å²) in [5.74, 6) is 0.181. The maximum absolute atomic E-state index is 11.6. The topological polar surface area (TPSA) is 88.4 Å². The van der Waals surface area contributed by atoms with Crippen molar-refractivity contribution in [2.75, 3.05) is 19.4 Å². The maximum atomic E-state index is 11.6. The summed E-state index contributed by atoms with van der Waals surface area (Å²) in [4.78, 5) is 27.0. The average Bonchev–Trinajstić information content (AvgIpc) is 2.28. The molecular formula is C10H14N4O3. The molecule has 1 aromatic heterocycles. The quantitative estimate of drug-likeness (QED) is 0.621. The Morgan fingerprint density at radius 1 is 1.59 bits per heavy atom. The van der Waals surface area contributed by atoms with E-state index in [1.165, 1.54) is 23.2 Å². The van der Waals surface area contributed by atoms with Gasteiger partial charge in [-0.15, -0.1) is 0 Å². The average molecular weight is 238 g/mol. The summed E-state index contributed by atoms with van der Waals surface area (Å²) in [5, 5.41) is 13.4. The molecular weight excluding hydrogens is 224 g/mol. The van der Waals surface area contributed by atoms with Crippen LogP contribution in [0.2, 0.25) is 0 Å². The minimum Gasteiger partial charge on any atom is -0.358 e. The number of aromatic nitrogens is 1. The Morgan fingerprint density at radius 3 is 2.76 bits per heavy atom. The van der Waals surface area contributed by atoms with E-state index in [1.807, 2.05) is 0 Å². The van der Waals surface area contributed by atoms with E-state index in [2.05, 4.69) is 10.3 Å². The van der Waals surface area contributed by atoms with E-state index < -0.39 is 11.0 Å². The van der Waals surface area contributed by atoms with Crippen LogP contribution < -0.4 is 5.32 Å². The number of pyridine rings is 1. The molecule has 0 aromatic carbocycles. The molecule has 0 saturated heterocycles. The zero-order valence-electron chi connectivity index (χ0n) is 9.88. The number of anilines is 1. The fraction of sp³-hybridized carbons (Fsp3) is 0.400. The number of nitro groups is 1. The van der Waals surface area contributed by atoms with Crippen LogP contribution in [0.1, 0.15) is 6.92 Å². The molecule has 92 valence electrons. The number of hydrogen-bond donors (Lipinski definition) is 1. The summed E-state index contributed by atoms with van der Waals surface area (Å²) in [5.41, 5.74) is -0.0630. The first-order valence-corrected chi connectivity index (χ1v) is 5.00. The standard InChI is InChI=1S/C10H14N4O3/c1-7(10(15)13(2)3)12-9-6-8(14(16)17)4-5-11-9/h4-7H,1-3H3,(H,11,12). The summed E-state index contributed by atoms with van der Waals surface area (Å²) < 4.78 is 0. The second-order valence-electron chi connectivity index (χ2n) is 3.76. The summed E-state index contributed by atoms with van der Waals surface area (Å²) in [6.45, 7) is 1.67. The monoisotopic (exact) mass is 238 g/mol. The van der Waals surface area contributed by atoms with Crippen LogP contribution in [0.15, 0.2) is 18.3 Å². The summed E-state index contributed by atoms with van der Waals surface area (Å²) in [6.07, 6.45) is 1.33. The molecule has 0 spiro atoms. The van der Waals surface area contributed by atoms with E-state index in [-0.39, 0.29) is 11.6 Å². The van der Waals surface area contributed by atoms with Gasteiger partial charge in [0, 0.05) is 26.4 Å². The van der Waals surface area contributed by atoms with E-state index >= 15 is 0 Å². The number of rotatable bonds is 4. The molecule has 7 heteroatoms. The van der Waals surface area contributed by atoms with E-state index in [1.54, 1.807) is 21.0 Å². The second-order valence-corrected chi connectivity index (χ2v) is 3.76. The van der Waals surface area contributed by atoms with E-state index in [0.717, 1.165) is 0 Å². The molecule has 0 radical (unpaired) electrons. The van der Waals surface area contributed by atoms with Crippen molar-refractivity contribution in [1.29, 1.82) is 0 Å². The van der Waals surface area contributed by atoms with Crippen molar-refractivity contribution in [3.05, 3.63) is 28.4 Å². The Labute approximate surface area is 98.6 Å². The van der Waals surface area contributed by atoms with Crippen LogP contribution in [0.4, 0.5) is 11.5 Å². The van der Waals surface area contributed by atoms with Crippen LogP contribution in [0, 0.1) is 10.1 Å². The van der Waals surface area contributed by atoms with Crippen molar-refractivity contribution in [1.82, 2.24) is 9.88 Å². The third kappa shape index (κ3) is 3.40. The van der Waals surface area contributed by atoms with Gasteiger partial charge in [0.05, 0.1) is 11.0 Å². The lowest BCUT2D eigenvalue weighted by Crippen LogP contribution is -2.36. The van der Waals surface area contributed by atoms with Crippen molar-refractivity contribution in [3.63, 3.8) is 0 Å². The largest absolute Gasteiger partial charge is 0.358 e. The number of carbonyl (C=O) groups excluding carboxylic acids is 1. The lowest BCUT2D eigenvalue weighted by Gasteiger charge is -2.18. The molecule has 0 aliphatic rings. The van der Waals surface area contributed by atoms with Gasteiger partial charge >= 0.3 is 0 Å². The summed E-state index contributed by atoms with van der Waals surface area (Å²) >= 11 is 0. The first-order valence-electron chi connectivity index (χ1n) is 5.00. The second kappa shape index (κ2) is 5.24. The Morgan fingerprint density at radius 2 is 2.24 bits per heavy atom. The molecule has 1 N–H and O–H groups in total. The van der Waals surface area contributed by atoms with Crippen molar-refractivity contribution >= 4 is 17.4 Å². The van der Waals surface area contributed by atoms with Crippen molar-refractivity contribution in [2.45, 2.75) is 13.0 Å². The van der Waals surface area contributed by atoms with Gasteiger partial charge in [-0.05, 0) is 6.92 Å². The fourth-order valence-corrected chi connectivity index (χ4v) is 1.28. The van der Waals surface area contributed by atoms with Crippen LogP contribution in [-0.2, 0) is 4.79 Å². The highest BCUT2D eigenvalue weighted by molar-refractivity contribution is 5.83. The molecule has 1 amide bonds. The zero-order chi connectivity index (χ0) is 13.0. The molecule has 1 atom stereocenters. The van der Waals surface area contributed by atoms with Crippen LogP contribution in [0.5, 0.6) is 0 Å². The highest BCUT2D eigenvalue weighted by Gasteiger charge is 2.16. The minimum atomic E-state index is -0.509. The molecule has 0 saturated carbocycles. The predicted molar refractivity (Wildman–Crippen MR) is 62.7 cm³/mol. The smallest absolute Gasteiger partial charge is 0.274 e. The number of hydrogen-bond acceptors (Lipinski definition) is 5. The van der Waals surface area contributed by atoms with E-state index in [9.17, 15) is 14.9 Å². The van der Waals surface area contributed by atoms with Gasteiger partial charge in [0.2, 0.25) is 5.91 Å². The van der Waals surface area contributed by atoms with E-state index in [0.29, 0.717) is 5.82 Å². The van der Waals surface area contributed by atoms with E-state index in [4.69, 9.17) is 0 Å². The molecule has 17 heavy (non-hydrogen) atoms.